The van der Waals surface area contributed by atoms with E-state index in [0.717, 1.165) is 42.7 Å². The number of hydrogen-bond donors (Lipinski definition) is 1. The molecule has 1 aromatic carbocycles. The summed E-state index contributed by atoms with van der Waals surface area (Å²) < 4.78 is 9.76. The number of Topliss-reactive ketones (excluding diaryl/α,β-unsaturated/α-hetero) is 1. The Morgan fingerprint density at radius 2 is 1.81 bits per heavy atom. The quantitative estimate of drug-likeness (QED) is 0.572. The average Bonchev–Trinajstić information content (AvgIpc) is 3.20. The molecular weight excluding hydrogens is 386 g/mol. The van der Waals surface area contributed by atoms with Crippen molar-refractivity contribution in [3.63, 3.8) is 0 Å². The van der Waals surface area contributed by atoms with Crippen LogP contribution in [0.1, 0.15) is 89.2 Å². The molecule has 0 fully saturated rings. The van der Waals surface area contributed by atoms with Gasteiger partial charge in [-0.3, -0.25) is 10.2 Å². The van der Waals surface area contributed by atoms with Gasteiger partial charge in [0.2, 0.25) is 5.62 Å². The highest BCUT2D eigenvalue weighted by Gasteiger charge is 2.36. The summed E-state index contributed by atoms with van der Waals surface area (Å²) in [4.78, 5) is 13.3. The van der Waals surface area contributed by atoms with Gasteiger partial charge in [0.05, 0.1) is 13.2 Å². The van der Waals surface area contributed by atoms with Gasteiger partial charge in [-0.15, -0.1) is 0 Å². The zero-order chi connectivity index (χ0) is 23.0. The van der Waals surface area contributed by atoms with Gasteiger partial charge in [-0.05, 0) is 29.9 Å². The van der Waals surface area contributed by atoms with Gasteiger partial charge in [0, 0.05) is 41.0 Å². The van der Waals surface area contributed by atoms with E-state index in [0.29, 0.717) is 23.7 Å². The van der Waals surface area contributed by atoms with E-state index in [4.69, 9.17) is 10.1 Å². The van der Waals surface area contributed by atoms with E-state index < -0.39 is 0 Å². The Morgan fingerprint density at radius 3 is 2.42 bits per heavy atom. The molecule has 5 nitrogen and oxygen atoms in total. The number of carbonyl (C=O) groups is 1. The number of benzene rings is 1. The first kappa shape index (κ1) is 23.4. The minimum Gasteiger partial charge on any atom is -0.492 e. The van der Waals surface area contributed by atoms with E-state index in [1.165, 1.54) is 0 Å². The molecule has 0 atom stereocenters. The molecule has 31 heavy (non-hydrogen) atoms. The van der Waals surface area contributed by atoms with Crippen molar-refractivity contribution < 1.29 is 9.53 Å². The average molecular weight is 426 g/mol. The summed E-state index contributed by atoms with van der Waals surface area (Å²) in [6.45, 7) is 16.9. The number of nitrogens with one attached hydrogen (secondary N) is 1. The predicted molar refractivity (Wildman–Crippen MR) is 125 cm³/mol. The first-order chi connectivity index (χ1) is 14.5. The highest BCUT2D eigenvalue weighted by molar-refractivity contribution is 5.96. The van der Waals surface area contributed by atoms with E-state index in [1.807, 2.05) is 29.1 Å². The number of carbonyl (C=O) groups excluding carboxylic acids is 1. The number of aromatic nitrogens is 2. The normalized spacial score (nSPS) is 15.2. The molecular formula is C26H39N3O2. The van der Waals surface area contributed by atoms with E-state index >= 15 is 0 Å². The molecule has 0 amide bonds. The van der Waals surface area contributed by atoms with Crippen molar-refractivity contribution in [3.8, 4) is 5.75 Å². The molecule has 2 heterocycles. The molecule has 0 radical (unpaired) electrons. The van der Waals surface area contributed by atoms with Crippen molar-refractivity contribution in [2.45, 2.75) is 91.6 Å². The fraction of sp³-hybridized carbons (Fsp3) is 0.615. The topological polar surface area (TPSA) is 60.0 Å². The lowest BCUT2D eigenvalue weighted by Crippen LogP contribution is -2.28. The number of rotatable bonds is 8. The monoisotopic (exact) mass is 425 g/mol. The molecule has 1 aliphatic rings. The third-order valence-corrected chi connectivity index (χ3v) is 6.74. The molecule has 0 saturated carbocycles. The molecule has 1 aromatic heterocycles. The summed E-state index contributed by atoms with van der Waals surface area (Å²) in [6.07, 6.45) is 7.18. The van der Waals surface area contributed by atoms with Gasteiger partial charge >= 0.3 is 0 Å². The van der Waals surface area contributed by atoms with Gasteiger partial charge in [-0.25, -0.2) is 0 Å². The van der Waals surface area contributed by atoms with Gasteiger partial charge in [0.1, 0.15) is 5.75 Å². The van der Waals surface area contributed by atoms with Crippen molar-refractivity contribution in [2.75, 3.05) is 6.61 Å². The second-order valence-electron chi connectivity index (χ2n) is 10.7. The Labute approximate surface area is 186 Å². The van der Waals surface area contributed by atoms with Crippen molar-refractivity contribution in [1.29, 1.82) is 5.41 Å². The highest BCUT2D eigenvalue weighted by atomic mass is 16.5. The lowest BCUT2D eigenvalue weighted by atomic mass is 9.79. The number of fused-ring (bicyclic) bond motifs is 1. The lowest BCUT2D eigenvalue weighted by Gasteiger charge is -2.24. The molecule has 3 rings (SSSR count). The van der Waals surface area contributed by atoms with Gasteiger partial charge in [0.25, 0.3) is 0 Å². The number of ether oxygens (including phenoxy) is 1. The summed E-state index contributed by atoms with van der Waals surface area (Å²) in [6, 6.07) is 4.00. The van der Waals surface area contributed by atoms with Gasteiger partial charge in [-0.1, -0.05) is 61.3 Å². The zero-order valence-corrected chi connectivity index (χ0v) is 20.3. The SMILES string of the molecule is CCC(CC)CCn1ccn(CC(=O)c2cc(C(C)(C)C)c3c(c2)C(C)(C)CO3)c1=N. The maximum atomic E-state index is 13.3. The second kappa shape index (κ2) is 8.68. The number of nitrogens with zero attached hydrogens (tertiary/aromatic N) is 2. The lowest BCUT2D eigenvalue weighted by molar-refractivity contribution is 0.0969. The fourth-order valence-corrected chi connectivity index (χ4v) is 4.38. The second-order valence-corrected chi connectivity index (χ2v) is 10.7. The van der Waals surface area contributed by atoms with Crippen molar-refractivity contribution in [3.05, 3.63) is 46.8 Å². The standard InChI is InChI=1S/C26H39N3O2/c1-8-18(9-2)10-11-28-12-13-29(24(28)27)16-22(30)19-14-20(25(3,4)5)23-21(15-19)26(6,7)17-31-23/h12-15,18,27H,8-11,16-17H2,1-7H3. The summed E-state index contributed by atoms with van der Waals surface area (Å²) in [5.74, 6) is 1.66. The predicted octanol–water partition coefficient (Wildman–Crippen LogP) is 5.45. The van der Waals surface area contributed by atoms with Crippen LogP contribution in [0.2, 0.25) is 0 Å². The van der Waals surface area contributed by atoms with Crippen LogP contribution in [-0.2, 0) is 23.9 Å². The van der Waals surface area contributed by atoms with Crippen LogP contribution in [0.3, 0.4) is 0 Å². The van der Waals surface area contributed by atoms with Crippen LogP contribution in [0.4, 0.5) is 0 Å². The Bertz CT molecular complexity index is 1000. The molecule has 0 spiro atoms. The molecule has 2 aromatic rings. The van der Waals surface area contributed by atoms with E-state index in [9.17, 15) is 4.79 Å². The number of imidazole rings is 1. The fourth-order valence-electron chi connectivity index (χ4n) is 4.38. The Morgan fingerprint density at radius 1 is 1.16 bits per heavy atom. The minimum atomic E-state index is -0.118. The van der Waals surface area contributed by atoms with Crippen LogP contribution in [0.5, 0.6) is 5.75 Å². The summed E-state index contributed by atoms with van der Waals surface area (Å²) in [5, 5.41) is 8.52. The Kier molecular flexibility index (Phi) is 6.54. The molecule has 0 bridgehead atoms. The van der Waals surface area contributed by atoms with Crippen LogP contribution < -0.4 is 10.4 Å². The Hall–Kier alpha value is -2.30. The van der Waals surface area contributed by atoms with Crippen LogP contribution in [0.15, 0.2) is 24.5 Å². The maximum absolute atomic E-state index is 13.3. The maximum Gasteiger partial charge on any atom is 0.202 e. The molecule has 170 valence electrons. The number of aryl methyl sites for hydroxylation is 1. The smallest absolute Gasteiger partial charge is 0.202 e. The van der Waals surface area contributed by atoms with E-state index in [-0.39, 0.29) is 23.2 Å². The van der Waals surface area contributed by atoms with Gasteiger partial charge in [-0.2, -0.15) is 0 Å². The molecule has 0 unspecified atom stereocenters. The van der Waals surface area contributed by atoms with Crippen molar-refractivity contribution >= 4 is 5.78 Å². The van der Waals surface area contributed by atoms with Gasteiger partial charge < -0.3 is 13.9 Å². The van der Waals surface area contributed by atoms with E-state index in [2.05, 4.69) is 48.5 Å². The van der Waals surface area contributed by atoms with Crippen LogP contribution >= 0.6 is 0 Å². The minimum absolute atomic E-state index is 0.0345. The summed E-state index contributed by atoms with van der Waals surface area (Å²) in [7, 11) is 0. The van der Waals surface area contributed by atoms with Crippen LogP contribution in [0.25, 0.3) is 0 Å². The third kappa shape index (κ3) is 4.81. The van der Waals surface area contributed by atoms with Crippen LogP contribution in [0, 0.1) is 11.3 Å². The molecule has 0 aliphatic carbocycles. The Balaban J connectivity index is 1.86. The summed E-state index contributed by atoms with van der Waals surface area (Å²) in [5.41, 5.74) is 3.06. The largest absolute Gasteiger partial charge is 0.492 e. The molecule has 5 heteroatoms. The number of ketones is 1. The molecule has 0 saturated heterocycles. The van der Waals surface area contributed by atoms with Crippen molar-refractivity contribution in [2.24, 2.45) is 5.92 Å². The highest BCUT2D eigenvalue weighted by Crippen LogP contribution is 2.45. The van der Waals surface area contributed by atoms with E-state index in [1.54, 1.807) is 4.57 Å². The zero-order valence-electron chi connectivity index (χ0n) is 20.3. The first-order valence-corrected chi connectivity index (χ1v) is 11.6. The van der Waals surface area contributed by atoms with Crippen molar-refractivity contribution in [1.82, 2.24) is 9.13 Å². The molecule has 1 aliphatic heterocycles. The third-order valence-electron chi connectivity index (χ3n) is 6.74. The number of hydrogen-bond acceptors (Lipinski definition) is 3. The van der Waals surface area contributed by atoms with Gasteiger partial charge in [0.15, 0.2) is 5.78 Å². The van der Waals surface area contributed by atoms with Crippen LogP contribution in [-0.4, -0.2) is 21.5 Å². The summed E-state index contributed by atoms with van der Waals surface area (Å²) >= 11 is 0. The molecule has 1 N–H and O–H groups in total. The first-order valence-electron chi connectivity index (χ1n) is 11.6.